The molecule has 0 bridgehead atoms. The average molecular weight is 613 g/mol. The van der Waals surface area contributed by atoms with Crippen molar-refractivity contribution in [3.05, 3.63) is 12.2 Å². The zero-order valence-electron chi connectivity index (χ0n) is 28.1. The van der Waals surface area contributed by atoms with E-state index in [-0.39, 0.29) is 24.4 Å². The summed E-state index contributed by atoms with van der Waals surface area (Å²) in [5.74, 6) is 0.769. The maximum atomic E-state index is 12.7. The van der Waals surface area contributed by atoms with Gasteiger partial charge in [-0.05, 0) is 44.3 Å². The van der Waals surface area contributed by atoms with Gasteiger partial charge in [0.15, 0.2) is 0 Å². The lowest BCUT2D eigenvalue weighted by atomic mass is 10.1. The molecule has 0 saturated carbocycles. The zero-order valence-corrected chi connectivity index (χ0v) is 29.0. The summed E-state index contributed by atoms with van der Waals surface area (Å²) in [5.41, 5.74) is 0. The van der Waals surface area contributed by atoms with E-state index in [9.17, 15) is 9.90 Å². The van der Waals surface area contributed by atoms with E-state index in [1.807, 2.05) is 0 Å². The summed E-state index contributed by atoms with van der Waals surface area (Å²) in [6, 6.07) is 0. The Morgan fingerprint density at radius 2 is 1.02 bits per heavy atom. The molecule has 2 atom stereocenters. The summed E-state index contributed by atoms with van der Waals surface area (Å²) in [6.07, 6.45) is 38.7. The number of thioether (sulfide) groups is 1. The molecule has 0 aliphatic heterocycles. The molecule has 0 aromatic rings. The van der Waals surface area contributed by atoms with Crippen molar-refractivity contribution in [1.29, 1.82) is 0 Å². The van der Waals surface area contributed by atoms with Gasteiger partial charge in [-0.1, -0.05) is 161 Å². The number of carbonyl (C=O) groups is 1. The van der Waals surface area contributed by atoms with Crippen LogP contribution in [0.2, 0.25) is 0 Å². The fourth-order valence-corrected chi connectivity index (χ4v) is 6.53. The first-order valence-electron chi connectivity index (χ1n) is 18.4. The first-order valence-corrected chi connectivity index (χ1v) is 19.4. The van der Waals surface area contributed by atoms with Crippen molar-refractivity contribution in [2.75, 3.05) is 19.0 Å². The van der Waals surface area contributed by atoms with E-state index in [0.717, 1.165) is 31.4 Å². The van der Waals surface area contributed by atoms with Gasteiger partial charge in [0, 0.05) is 0 Å². The van der Waals surface area contributed by atoms with Gasteiger partial charge < -0.3 is 14.9 Å². The van der Waals surface area contributed by atoms with E-state index in [4.69, 9.17) is 9.84 Å². The Morgan fingerprint density at radius 3 is 1.48 bits per heavy atom. The van der Waals surface area contributed by atoms with Crippen LogP contribution in [0.1, 0.15) is 187 Å². The maximum absolute atomic E-state index is 12.7. The number of aliphatic hydroxyl groups excluding tert-OH is 2. The minimum atomic E-state index is -0.985. The molecule has 0 aliphatic rings. The van der Waals surface area contributed by atoms with Gasteiger partial charge in [0.1, 0.15) is 18.0 Å². The number of unbranched alkanes of at least 4 members (excludes halogenated alkanes) is 23. The summed E-state index contributed by atoms with van der Waals surface area (Å²) in [4.78, 5) is 12.7. The lowest BCUT2D eigenvalue weighted by molar-refractivity contribution is -0.146. The molecule has 2 unspecified atom stereocenters. The molecule has 0 aliphatic carbocycles. The molecule has 4 nitrogen and oxygen atoms in total. The van der Waals surface area contributed by atoms with Crippen molar-refractivity contribution < 1.29 is 19.7 Å². The number of allylic oxidation sites excluding steroid dienone is 2. The predicted molar refractivity (Wildman–Crippen MR) is 185 cm³/mol. The number of ether oxygens (including phenoxy) is 1. The van der Waals surface area contributed by atoms with Crippen LogP contribution in [0.5, 0.6) is 0 Å². The largest absolute Gasteiger partial charge is 0.462 e. The molecule has 0 spiro atoms. The number of hydrogen-bond acceptors (Lipinski definition) is 5. The van der Waals surface area contributed by atoms with Crippen molar-refractivity contribution in [2.45, 2.75) is 199 Å². The molecule has 42 heavy (non-hydrogen) atoms. The molecule has 0 heterocycles. The van der Waals surface area contributed by atoms with E-state index in [0.29, 0.717) is 0 Å². The molecule has 0 saturated heterocycles. The van der Waals surface area contributed by atoms with Crippen LogP contribution in [-0.4, -0.2) is 46.5 Å². The third-order valence-corrected chi connectivity index (χ3v) is 9.54. The van der Waals surface area contributed by atoms with Crippen LogP contribution in [0.4, 0.5) is 0 Å². The Morgan fingerprint density at radius 1 is 0.619 bits per heavy atom. The van der Waals surface area contributed by atoms with Crippen molar-refractivity contribution in [3.63, 3.8) is 0 Å². The van der Waals surface area contributed by atoms with Crippen molar-refractivity contribution in [3.8, 4) is 0 Å². The normalized spacial score (nSPS) is 13.1. The van der Waals surface area contributed by atoms with Crippen molar-refractivity contribution in [1.82, 2.24) is 0 Å². The highest BCUT2D eigenvalue weighted by atomic mass is 32.2. The number of hydrogen-bond donors (Lipinski definition) is 2. The van der Waals surface area contributed by atoms with Crippen LogP contribution in [0, 0.1) is 0 Å². The fourth-order valence-electron chi connectivity index (χ4n) is 5.34. The van der Waals surface area contributed by atoms with Gasteiger partial charge in [0.2, 0.25) is 0 Å². The molecule has 0 radical (unpaired) electrons. The van der Waals surface area contributed by atoms with Crippen LogP contribution >= 0.6 is 11.8 Å². The van der Waals surface area contributed by atoms with Crippen LogP contribution < -0.4 is 0 Å². The molecular formula is C37H72O4S. The summed E-state index contributed by atoms with van der Waals surface area (Å²) >= 11 is 1.73. The van der Waals surface area contributed by atoms with Gasteiger partial charge in [-0.3, -0.25) is 4.79 Å². The average Bonchev–Trinajstić information content (AvgIpc) is 3.00. The summed E-state index contributed by atoms with van der Waals surface area (Å²) < 4.78 is 5.32. The number of carbonyl (C=O) groups excluding carboxylic acids is 1. The number of rotatable bonds is 34. The second kappa shape index (κ2) is 35.0. The standard InChI is InChI=1S/C37H72O4S/c1-3-5-7-9-11-13-15-17-18-19-20-21-23-25-27-29-31-36(37(40)41-34-35(39)33-38)42-32-30-28-26-24-22-16-14-12-10-8-6-4-2/h17-18,35-36,38-39H,3-16,19-34H2,1-2H3/b18-17-. The minimum absolute atomic E-state index is 0.113. The lowest BCUT2D eigenvalue weighted by Gasteiger charge is -2.17. The van der Waals surface area contributed by atoms with Gasteiger partial charge in [0.25, 0.3) is 0 Å². The van der Waals surface area contributed by atoms with E-state index < -0.39 is 6.10 Å². The molecule has 0 aromatic carbocycles. The molecule has 0 fully saturated rings. The van der Waals surface area contributed by atoms with Crippen molar-refractivity contribution >= 4 is 17.7 Å². The first kappa shape index (κ1) is 41.5. The van der Waals surface area contributed by atoms with E-state index >= 15 is 0 Å². The highest BCUT2D eigenvalue weighted by Gasteiger charge is 2.21. The smallest absolute Gasteiger partial charge is 0.319 e. The van der Waals surface area contributed by atoms with E-state index in [2.05, 4.69) is 26.0 Å². The second-order valence-corrected chi connectivity index (χ2v) is 13.8. The Balaban J connectivity index is 3.91. The van der Waals surface area contributed by atoms with Gasteiger partial charge in [0.05, 0.1) is 6.61 Å². The number of aliphatic hydroxyl groups is 2. The highest BCUT2D eigenvalue weighted by molar-refractivity contribution is 8.00. The molecule has 2 N–H and O–H groups in total. The molecule has 5 heteroatoms. The molecule has 0 aromatic heterocycles. The van der Waals surface area contributed by atoms with Crippen LogP contribution in [0.25, 0.3) is 0 Å². The fraction of sp³-hybridized carbons (Fsp3) is 0.919. The van der Waals surface area contributed by atoms with Crippen LogP contribution in [-0.2, 0) is 9.53 Å². The highest BCUT2D eigenvalue weighted by Crippen LogP contribution is 2.23. The lowest BCUT2D eigenvalue weighted by Crippen LogP contribution is -2.27. The Labute approximate surface area is 266 Å². The quantitative estimate of drug-likeness (QED) is 0.0430. The van der Waals surface area contributed by atoms with Gasteiger partial charge in [-0.2, -0.15) is 0 Å². The third kappa shape index (κ3) is 30.9. The molecular weight excluding hydrogens is 540 g/mol. The van der Waals surface area contributed by atoms with Crippen LogP contribution in [0.3, 0.4) is 0 Å². The Hall–Kier alpha value is -0.520. The van der Waals surface area contributed by atoms with Crippen LogP contribution in [0.15, 0.2) is 12.2 Å². The molecule has 0 rings (SSSR count). The van der Waals surface area contributed by atoms with Crippen molar-refractivity contribution in [2.24, 2.45) is 0 Å². The Bertz CT molecular complexity index is 568. The number of esters is 1. The van der Waals surface area contributed by atoms with Gasteiger partial charge >= 0.3 is 5.97 Å². The van der Waals surface area contributed by atoms with Gasteiger partial charge in [-0.25, -0.2) is 0 Å². The molecule has 0 amide bonds. The third-order valence-electron chi connectivity index (χ3n) is 8.19. The van der Waals surface area contributed by atoms with Gasteiger partial charge in [-0.15, -0.1) is 11.8 Å². The Kier molecular flexibility index (Phi) is 34.5. The summed E-state index contributed by atoms with van der Waals surface area (Å²) in [6.45, 7) is 4.06. The first-order chi connectivity index (χ1) is 20.7. The monoisotopic (exact) mass is 613 g/mol. The molecule has 250 valence electrons. The summed E-state index contributed by atoms with van der Waals surface area (Å²) in [5, 5.41) is 18.5. The van der Waals surface area contributed by atoms with E-state index in [1.165, 1.54) is 148 Å². The second-order valence-electron chi connectivity index (χ2n) is 12.4. The zero-order chi connectivity index (χ0) is 30.8. The minimum Gasteiger partial charge on any atom is -0.462 e. The maximum Gasteiger partial charge on any atom is 0.319 e. The summed E-state index contributed by atoms with van der Waals surface area (Å²) in [7, 11) is 0. The van der Waals surface area contributed by atoms with E-state index in [1.54, 1.807) is 11.8 Å². The topological polar surface area (TPSA) is 66.8 Å². The SMILES string of the molecule is CCCCCCCC/C=C\CCCCCCCCC(SCCCCCCCCCCCCCC)C(=O)OCC(O)CO. The predicted octanol–water partition coefficient (Wildman–Crippen LogP) is 11.1.